The molecule has 0 aliphatic carbocycles. The Kier molecular flexibility index (Phi) is 6.71. The number of benzene rings is 3. The summed E-state index contributed by atoms with van der Waals surface area (Å²) in [5.74, 6) is 0.0176. The van der Waals surface area contributed by atoms with Crippen LogP contribution in [0, 0.1) is 3.57 Å². The van der Waals surface area contributed by atoms with E-state index in [9.17, 15) is 4.79 Å². The van der Waals surface area contributed by atoms with E-state index in [0.717, 1.165) is 13.7 Å². The average molecular weight is 659 g/mol. The van der Waals surface area contributed by atoms with Gasteiger partial charge in [-0.25, -0.2) is 4.98 Å². The van der Waals surface area contributed by atoms with Gasteiger partial charge in [0.05, 0.1) is 15.6 Å². The molecule has 5 rings (SSSR count). The van der Waals surface area contributed by atoms with Crippen molar-refractivity contribution in [3.8, 4) is 11.5 Å². The molecule has 5 aromatic rings. The number of aromatic nitrogens is 1. The molecule has 0 saturated carbocycles. The van der Waals surface area contributed by atoms with E-state index in [1.807, 2.05) is 12.1 Å². The number of thiophene rings is 1. The standard InChI is InChI=1S/C23H11Cl3IN3O2S2/c24-10-1-4-13-18(7-10)34-20(19(13)26)21(31)30-23(33)28-12-3-6-17-16(9-12)29-22(32-17)14-8-11(27)2-5-15(14)25/h1-9H,(H2,28,30,31,33). The van der Waals surface area contributed by atoms with Crippen LogP contribution in [0.1, 0.15) is 9.67 Å². The van der Waals surface area contributed by atoms with Crippen molar-refractivity contribution in [2.45, 2.75) is 0 Å². The van der Waals surface area contributed by atoms with Gasteiger partial charge in [0.1, 0.15) is 10.4 Å². The minimum atomic E-state index is -0.405. The Hall–Kier alpha value is -1.95. The van der Waals surface area contributed by atoms with Crippen LogP contribution in [-0.4, -0.2) is 16.0 Å². The van der Waals surface area contributed by atoms with E-state index in [1.54, 1.807) is 42.5 Å². The molecule has 0 aliphatic rings. The zero-order valence-electron chi connectivity index (χ0n) is 16.8. The molecular weight excluding hydrogens is 648 g/mol. The molecule has 3 aromatic carbocycles. The molecular formula is C23H11Cl3IN3O2S2. The largest absolute Gasteiger partial charge is 0.436 e. The monoisotopic (exact) mass is 657 g/mol. The van der Waals surface area contributed by atoms with Gasteiger partial charge in [-0.3, -0.25) is 10.1 Å². The molecule has 0 atom stereocenters. The lowest BCUT2D eigenvalue weighted by Gasteiger charge is -2.08. The van der Waals surface area contributed by atoms with E-state index < -0.39 is 5.91 Å². The van der Waals surface area contributed by atoms with E-state index in [0.29, 0.717) is 48.2 Å². The van der Waals surface area contributed by atoms with Gasteiger partial charge >= 0.3 is 0 Å². The first kappa shape index (κ1) is 23.8. The third kappa shape index (κ3) is 4.75. The third-order valence-corrected chi connectivity index (χ3v) is 7.92. The Morgan fingerprint density at radius 2 is 1.88 bits per heavy atom. The van der Waals surface area contributed by atoms with Crippen LogP contribution in [0.5, 0.6) is 0 Å². The molecule has 0 spiro atoms. The number of oxazole rings is 1. The smallest absolute Gasteiger partial charge is 0.269 e. The maximum Gasteiger partial charge on any atom is 0.269 e. The number of hydrogen-bond donors (Lipinski definition) is 2. The van der Waals surface area contributed by atoms with Crippen LogP contribution in [0.2, 0.25) is 15.1 Å². The summed E-state index contributed by atoms with van der Waals surface area (Å²) in [5, 5.41) is 8.04. The molecule has 11 heteroatoms. The van der Waals surface area contributed by atoms with Crippen molar-refractivity contribution in [2.75, 3.05) is 5.32 Å². The van der Waals surface area contributed by atoms with E-state index in [4.69, 9.17) is 51.4 Å². The highest BCUT2D eigenvalue weighted by atomic mass is 127. The second-order valence-corrected chi connectivity index (χ2v) is 11.0. The van der Waals surface area contributed by atoms with Gasteiger partial charge in [0.15, 0.2) is 10.7 Å². The number of nitrogens with one attached hydrogen (secondary N) is 2. The summed E-state index contributed by atoms with van der Waals surface area (Å²) in [5.41, 5.74) is 2.57. The average Bonchev–Trinajstić information content (AvgIpc) is 3.35. The molecule has 2 N–H and O–H groups in total. The number of rotatable bonds is 3. The number of fused-ring (bicyclic) bond motifs is 2. The lowest BCUT2D eigenvalue weighted by atomic mass is 10.2. The first-order valence-corrected chi connectivity index (χ1v) is 13.1. The van der Waals surface area contributed by atoms with Gasteiger partial charge in [0.2, 0.25) is 5.89 Å². The Morgan fingerprint density at radius 1 is 1.06 bits per heavy atom. The van der Waals surface area contributed by atoms with Crippen LogP contribution in [0.3, 0.4) is 0 Å². The molecule has 0 aliphatic heterocycles. The third-order valence-electron chi connectivity index (χ3n) is 4.83. The van der Waals surface area contributed by atoms with Gasteiger partial charge in [-0.1, -0.05) is 40.9 Å². The Morgan fingerprint density at radius 3 is 2.71 bits per heavy atom. The minimum absolute atomic E-state index is 0.125. The number of anilines is 1. The molecule has 0 radical (unpaired) electrons. The predicted octanol–water partition coefficient (Wildman–Crippen LogP) is 8.40. The van der Waals surface area contributed by atoms with Gasteiger partial charge in [0.25, 0.3) is 5.91 Å². The predicted molar refractivity (Wildman–Crippen MR) is 153 cm³/mol. The first-order valence-electron chi connectivity index (χ1n) is 9.64. The maximum absolute atomic E-state index is 12.8. The zero-order chi connectivity index (χ0) is 24.0. The highest BCUT2D eigenvalue weighted by Crippen LogP contribution is 2.37. The van der Waals surface area contributed by atoms with Crippen molar-refractivity contribution in [1.82, 2.24) is 10.3 Å². The molecule has 0 fully saturated rings. The van der Waals surface area contributed by atoms with E-state index in [-0.39, 0.29) is 5.11 Å². The van der Waals surface area contributed by atoms with Crippen molar-refractivity contribution < 1.29 is 9.21 Å². The zero-order valence-corrected chi connectivity index (χ0v) is 22.8. The highest BCUT2D eigenvalue weighted by Gasteiger charge is 2.19. The summed E-state index contributed by atoms with van der Waals surface area (Å²) in [7, 11) is 0. The van der Waals surface area contributed by atoms with Crippen molar-refractivity contribution in [3.05, 3.63) is 78.1 Å². The molecule has 0 unspecified atom stereocenters. The molecule has 0 saturated heterocycles. The lowest BCUT2D eigenvalue weighted by Crippen LogP contribution is -2.33. The quantitative estimate of drug-likeness (QED) is 0.151. The van der Waals surface area contributed by atoms with Crippen LogP contribution < -0.4 is 10.6 Å². The van der Waals surface area contributed by atoms with Gasteiger partial charge < -0.3 is 9.73 Å². The molecule has 0 bridgehead atoms. The van der Waals surface area contributed by atoms with E-state index >= 15 is 0 Å². The topological polar surface area (TPSA) is 67.2 Å². The molecule has 2 heterocycles. The second-order valence-electron chi connectivity index (χ2n) is 7.12. The molecule has 170 valence electrons. The number of hydrogen-bond acceptors (Lipinski definition) is 5. The summed E-state index contributed by atoms with van der Waals surface area (Å²) in [6, 6.07) is 16.2. The van der Waals surface area contributed by atoms with E-state index in [1.165, 1.54) is 11.3 Å². The van der Waals surface area contributed by atoms with E-state index in [2.05, 4.69) is 38.2 Å². The molecule has 2 aromatic heterocycles. The van der Waals surface area contributed by atoms with Crippen molar-refractivity contribution in [3.63, 3.8) is 0 Å². The SMILES string of the molecule is O=C(NC(=S)Nc1ccc2oc(-c3cc(I)ccc3Cl)nc2c1)c1sc2cc(Cl)ccc2c1Cl. The normalized spacial score (nSPS) is 11.2. The number of halogens is 4. The summed E-state index contributed by atoms with van der Waals surface area (Å²) < 4.78 is 7.71. The van der Waals surface area contributed by atoms with Gasteiger partial charge in [-0.2, -0.15) is 0 Å². The van der Waals surface area contributed by atoms with Crippen LogP contribution in [0.15, 0.2) is 59.0 Å². The summed E-state index contributed by atoms with van der Waals surface area (Å²) >= 11 is 27.5. The van der Waals surface area contributed by atoms with Crippen molar-refractivity contribution >= 4 is 119 Å². The van der Waals surface area contributed by atoms with Crippen LogP contribution in [0.4, 0.5) is 5.69 Å². The number of nitrogens with zero attached hydrogens (tertiary/aromatic N) is 1. The second kappa shape index (κ2) is 9.60. The Labute approximate surface area is 231 Å². The fourth-order valence-electron chi connectivity index (χ4n) is 3.29. The van der Waals surface area contributed by atoms with Crippen LogP contribution in [0.25, 0.3) is 32.6 Å². The van der Waals surface area contributed by atoms with Gasteiger partial charge in [-0.05, 0) is 83.3 Å². The molecule has 34 heavy (non-hydrogen) atoms. The van der Waals surface area contributed by atoms with Crippen molar-refractivity contribution in [1.29, 1.82) is 0 Å². The first-order chi connectivity index (χ1) is 16.3. The number of carbonyl (C=O) groups excluding carboxylic acids is 1. The van der Waals surface area contributed by atoms with Crippen LogP contribution >= 0.6 is 80.9 Å². The number of amides is 1. The molecule has 1 amide bonds. The number of thiocarbonyl (C=S) groups is 1. The van der Waals surface area contributed by atoms with Gasteiger partial charge in [-0.15, -0.1) is 11.3 Å². The van der Waals surface area contributed by atoms with Gasteiger partial charge in [0, 0.05) is 24.4 Å². The van der Waals surface area contributed by atoms with Crippen molar-refractivity contribution in [2.24, 2.45) is 0 Å². The molecule has 5 nitrogen and oxygen atoms in total. The highest BCUT2D eigenvalue weighted by molar-refractivity contribution is 14.1. The Bertz CT molecular complexity index is 1620. The Balaban J connectivity index is 1.34. The van der Waals surface area contributed by atoms with Crippen LogP contribution in [-0.2, 0) is 0 Å². The maximum atomic E-state index is 12.8. The summed E-state index contributed by atoms with van der Waals surface area (Å²) in [6.45, 7) is 0. The fraction of sp³-hybridized carbons (Fsp3) is 0. The minimum Gasteiger partial charge on any atom is -0.436 e. The lowest BCUT2D eigenvalue weighted by molar-refractivity contribution is 0.0982. The summed E-state index contributed by atoms with van der Waals surface area (Å²) in [4.78, 5) is 17.7. The summed E-state index contributed by atoms with van der Waals surface area (Å²) in [6.07, 6.45) is 0. The fourth-order valence-corrected chi connectivity index (χ4v) is 5.88. The number of carbonyl (C=O) groups is 1.